The first-order valence-electron chi connectivity index (χ1n) is 11.6. The van der Waals surface area contributed by atoms with Gasteiger partial charge in [-0.3, -0.25) is 19.3 Å². The van der Waals surface area contributed by atoms with E-state index in [1.165, 1.54) is 26.2 Å². The molecule has 13 heteroatoms. The van der Waals surface area contributed by atoms with Crippen LogP contribution in [0.1, 0.15) is 37.9 Å². The van der Waals surface area contributed by atoms with Crippen molar-refractivity contribution < 1.29 is 28.6 Å². The Kier molecular flexibility index (Phi) is 7.52. The Hall–Kier alpha value is -2.88. The maximum atomic E-state index is 13.8. The van der Waals surface area contributed by atoms with Crippen LogP contribution in [0.5, 0.6) is 17.2 Å². The average molecular weight is 645 g/mol. The van der Waals surface area contributed by atoms with E-state index in [1.807, 2.05) is 6.92 Å². The van der Waals surface area contributed by atoms with E-state index < -0.39 is 29.8 Å². The predicted molar refractivity (Wildman–Crippen MR) is 153 cm³/mol. The van der Waals surface area contributed by atoms with E-state index in [2.05, 4.69) is 0 Å². The Morgan fingerprint density at radius 2 is 1.20 bits per heavy atom. The monoisotopic (exact) mass is 642 g/mol. The van der Waals surface area contributed by atoms with Crippen LogP contribution in [0.2, 0.25) is 25.1 Å². The number of rotatable bonds is 6. The Morgan fingerprint density at radius 1 is 0.675 bits per heavy atom. The minimum atomic E-state index is -1.29. The molecule has 0 aliphatic carbocycles. The van der Waals surface area contributed by atoms with E-state index in [-0.39, 0.29) is 31.2 Å². The normalized spacial score (nSPS) is 18.2. The SMILES string of the molecule is COc1cc([C@@H]2[C@H](N3C(=O)c4c(Cl)c(Cl)c(Cl)c(Cl)c4C3=O)C(=O)N2c2ccc(C)c(Cl)c2)cc(OC)c1OC. The fraction of sp³-hybridized carbons (Fsp3) is 0.222. The van der Waals surface area contributed by atoms with Gasteiger partial charge in [-0.25, -0.2) is 0 Å². The maximum Gasteiger partial charge on any atom is 0.264 e. The zero-order valence-corrected chi connectivity index (χ0v) is 25.1. The standard InChI is InChI=1S/C27H19Cl5N2O6/c1-10-5-6-12(9-13(10)28)33-22(11-7-14(38-2)24(40-4)15(8-11)39-3)23(27(33)37)34-25(35)16-17(26(34)36)19(30)21(32)20(31)18(16)29/h5-9,22-23H,1-4H3/t22-,23+/m1/s1. The summed E-state index contributed by atoms with van der Waals surface area (Å²) in [6, 6.07) is 6.21. The van der Waals surface area contributed by atoms with Crippen molar-refractivity contribution in [3.8, 4) is 17.2 Å². The quantitative estimate of drug-likeness (QED) is 0.124. The molecule has 2 aliphatic heterocycles. The Balaban J connectivity index is 1.70. The second kappa shape index (κ2) is 10.5. The largest absolute Gasteiger partial charge is 0.493 e. The maximum absolute atomic E-state index is 13.8. The second-order valence-corrected chi connectivity index (χ2v) is 10.9. The molecule has 0 aromatic heterocycles. The smallest absolute Gasteiger partial charge is 0.264 e. The number of carbonyl (C=O) groups is 3. The third-order valence-electron chi connectivity index (χ3n) is 6.94. The lowest BCUT2D eigenvalue weighted by Gasteiger charge is -2.50. The van der Waals surface area contributed by atoms with E-state index in [4.69, 9.17) is 72.2 Å². The van der Waals surface area contributed by atoms with Crippen molar-refractivity contribution in [3.63, 3.8) is 0 Å². The number of halogens is 5. The van der Waals surface area contributed by atoms with Crippen LogP contribution >= 0.6 is 58.0 Å². The van der Waals surface area contributed by atoms with E-state index in [9.17, 15) is 14.4 Å². The van der Waals surface area contributed by atoms with Gasteiger partial charge in [-0.2, -0.15) is 0 Å². The number of ether oxygens (including phenoxy) is 3. The van der Waals surface area contributed by atoms with E-state index in [1.54, 1.807) is 30.3 Å². The molecule has 1 saturated heterocycles. The van der Waals surface area contributed by atoms with Gasteiger partial charge in [-0.15, -0.1) is 0 Å². The highest BCUT2D eigenvalue weighted by molar-refractivity contribution is 6.55. The zero-order valence-electron chi connectivity index (χ0n) is 21.3. The molecule has 0 spiro atoms. The lowest BCUT2D eigenvalue weighted by Crippen LogP contribution is -2.67. The summed E-state index contributed by atoms with van der Waals surface area (Å²) >= 11 is 31.4. The number of fused-ring (bicyclic) bond motifs is 1. The topological polar surface area (TPSA) is 85.4 Å². The highest BCUT2D eigenvalue weighted by Gasteiger charge is 2.58. The summed E-state index contributed by atoms with van der Waals surface area (Å²) in [4.78, 5) is 43.5. The summed E-state index contributed by atoms with van der Waals surface area (Å²) in [6.45, 7) is 1.83. The molecule has 0 bridgehead atoms. The van der Waals surface area contributed by atoms with Gasteiger partial charge in [0.25, 0.3) is 17.7 Å². The Labute approximate surface area is 254 Å². The van der Waals surface area contributed by atoms with Crippen LogP contribution < -0.4 is 19.1 Å². The van der Waals surface area contributed by atoms with Crippen LogP contribution in [0, 0.1) is 6.92 Å². The van der Waals surface area contributed by atoms with Crippen LogP contribution in [0.25, 0.3) is 0 Å². The van der Waals surface area contributed by atoms with Crippen molar-refractivity contribution in [2.45, 2.75) is 19.0 Å². The summed E-state index contributed by atoms with van der Waals surface area (Å²) < 4.78 is 16.5. The third-order valence-corrected chi connectivity index (χ3v) is 9.15. The fourth-order valence-electron chi connectivity index (χ4n) is 4.97. The first-order chi connectivity index (χ1) is 19.0. The van der Waals surface area contributed by atoms with Gasteiger partial charge in [-0.1, -0.05) is 64.1 Å². The molecule has 208 valence electrons. The molecule has 2 aliphatic rings. The molecule has 3 aromatic rings. The molecule has 1 fully saturated rings. The summed E-state index contributed by atoms with van der Waals surface area (Å²) in [6.07, 6.45) is 0. The number of hydrogen-bond donors (Lipinski definition) is 0. The molecule has 2 heterocycles. The summed E-state index contributed by atoms with van der Waals surface area (Å²) in [5.74, 6) is -1.26. The van der Waals surface area contributed by atoms with Gasteiger partial charge in [-0.05, 0) is 42.3 Å². The first kappa shape index (κ1) is 28.6. The molecule has 0 unspecified atom stereocenters. The number of nitrogens with zero attached hydrogens (tertiary/aromatic N) is 2. The number of benzene rings is 3. The third kappa shape index (κ3) is 4.08. The van der Waals surface area contributed by atoms with Crippen LogP contribution in [-0.4, -0.2) is 50.0 Å². The molecular weight excluding hydrogens is 626 g/mol. The first-order valence-corrected chi connectivity index (χ1v) is 13.5. The van der Waals surface area contributed by atoms with Gasteiger partial charge in [0.1, 0.15) is 6.04 Å². The molecule has 3 aromatic carbocycles. The fourth-order valence-corrected chi connectivity index (χ4v) is 6.16. The lowest BCUT2D eigenvalue weighted by molar-refractivity contribution is -0.130. The Morgan fingerprint density at radius 3 is 1.65 bits per heavy atom. The van der Waals surface area contributed by atoms with Gasteiger partial charge in [0.15, 0.2) is 11.5 Å². The second-order valence-electron chi connectivity index (χ2n) is 8.98. The minimum absolute atomic E-state index is 0.174. The van der Waals surface area contributed by atoms with Gasteiger partial charge in [0, 0.05) is 10.7 Å². The number of hydrogen-bond acceptors (Lipinski definition) is 6. The Bertz CT molecular complexity index is 1560. The summed E-state index contributed by atoms with van der Waals surface area (Å²) in [5, 5.41) is -0.379. The van der Waals surface area contributed by atoms with Crippen LogP contribution in [0.3, 0.4) is 0 Å². The molecule has 3 amide bonds. The van der Waals surface area contributed by atoms with E-state index in [0.717, 1.165) is 10.5 Å². The number of anilines is 1. The highest BCUT2D eigenvalue weighted by atomic mass is 35.5. The van der Waals surface area contributed by atoms with Gasteiger partial charge in [0.05, 0.1) is 58.6 Å². The van der Waals surface area contributed by atoms with Gasteiger partial charge < -0.3 is 19.1 Å². The van der Waals surface area contributed by atoms with Crippen LogP contribution in [-0.2, 0) is 4.79 Å². The average Bonchev–Trinajstić information content (AvgIpc) is 3.19. The van der Waals surface area contributed by atoms with Crippen LogP contribution in [0.15, 0.2) is 30.3 Å². The molecule has 0 radical (unpaired) electrons. The van der Waals surface area contributed by atoms with Crippen molar-refractivity contribution in [2.24, 2.45) is 0 Å². The number of aryl methyl sites for hydroxylation is 1. The van der Waals surface area contributed by atoms with E-state index >= 15 is 0 Å². The van der Waals surface area contributed by atoms with Crippen LogP contribution in [0.4, 0.5) is 5.69 Å². The number of methoxy groups -OCH3 is 3. The van der Waals surface area contributed by atoms with Gasteiger partial charge >= 0.3 is 0 Å². The number of β-lactam (4-membered cyclic amide) rings is 1. The number of imide groups is 1. The number of amides is 3. The van der Waals surface area contributed by atoms with Crippen molar-refractivity contribution >= 4 is 81.4 Å². The summed E-state index contributed by atoms with van der Waals surface area (Å²) in [7, 11) is 4.35. The van der Waals surface area contributed by atoms with E-state index in [0.29, 0.717) is 33.5 Å². The molecular formula is C27H19Cl5N2O6. The predicted octanol–water partition coefficient (Wildman–Crippen LogP) is 7.04. The molecule has 5 rings (SSSR count). The molecule has 8 nitrogen and oxygen atoms in total. The highest BCUT2D eigenvalue weighted by Crippen LogP contribution is 2.51. The minimum Gasteiger partial charge on any atom is -0.493 e. The summed E-state index contributed by atoms with van der Waals surface area (Å²) in [5.41, 5.74) is 1.30. The van der Waals surface area contributed by atoms with Crippen molar-refractivity contribution in [3.05, 3.63) is 77.7 Å². The molecule has 0 saturated carbocycles. The molecule has 40 heavy (non-hydrogen) atoms. The lowest BCUT2D eigenvalue weighted by atomic mass is 9.85. The number of carbonyl (C=O) groups excluding carboxylic acids is 3. The molecule has 0 N–H and O–H groups in total. The molecule has 2 atom stereocenters. The van der Waals surface area contributed by atoms with Crippen molar-refractivity contribution in [1.29, 1.82) is 0 Å². The van der Waals surface area contributed by atoms with Crippen molar-refractivity contribution in [1.82, 2.24) is 4.90 Å². The van der Waals surface area contributed by atoms with Gasteiger partial charge in [0.2, 0.25) is 5.75 Å². The van der Waals surface area contributed by atoms with Crippen molar-refractivity contribution in [2.75, 3.05) is 26.2 Å². The zero-order chi connectivity index (χ0) is 29.2.